The van der Waals surface area contributed by atoms with Crippen LogP contribution in [0.5, 0.6) is 0 Å². The second-order valence-electron chi connectivity index (χ2n) is 9.61. The Balaban J connectivity index is 2.17. The van der Waals surface area contributed by atoms with E-state index in [0.29, 0.717) is 12.3 Å². The van der Waals surface area contributed by atoms with Gasteiger partial charge in [-0.25, -0.2) is 0 Å². The largest absolute Gasteiger partial charge is 0.355 e. The van der Waals surface area contributed by atoms with Crippen molar-refractivity contribution >= 4 is 16.0 Å². The summed E-state index contributed by atoms with van der Waals surface area (Å²) in [5.74, 6) is -0.0681. The zero-order valence-electron chi connectivity index (χ0n) is 18.3. The Labute approximate surface area is 176 Å². The molecule has 0 aromatic rings. The molecular weight excluding hydrogens is 386 g/mol. The van der Waals surface area contributed by atoms with Crippen LogP contribution in [0.25, 0.3) is 0 Å². The van der Waals surface area contributed by atoms with Crippen molar-refractivity contribution in [3.63, 3.8) is 0 Å². The van der Waals surface area contributed by atoms with Gasteiger partial charge in [0.25, 0.3) is 10.1 Å². The normalized spacial score (nSPS) is 32.7. The maximum absolute atomic E-state index is 12.5. The molecule has 0 aromatic carbocycles. The van der Waals surface area contributed by atoms with E-state index in [1.165, 1.54) is 5.57 Å². The summed E-state index contributed by atoms with van der Waals surface area (Å²) in [4.78, 5) is 12.5. The monoisotopic (exact) mass is 423 g/mol. The molecule has 2 N–H and O–H groups in total. The highest BCUT2D eigenvalue weighted by molar-refractivity contribution is 7.85. The molecule has 4 atom stereocenters. The molecule has 2 aliphatic carbocycles. The quantitative estimate of drug-likeness (QED) is 0.354. The summed E-state index contributed by atoms with van der Waals surface area (Å²) in [5, 5.41) is 2.65. The van der Waals surface area contributed by atoms with Gasteiger partial charge in [-0.2, -0.15) is 8.42 Å². The first-order valence-corrected chi connectivity index (χ1v) is 12.2. The van der Waals surface area contributed by atoms with E-state index in [1.807, 2.05) is 0 Å². The minimum absolute atomic E-state index is 0.00194. The highest BCUT2D eigenvalue weighted by atomic mass is 32.2. The third-order valence-corrected chi connectivity index (χ3v) is 7.76. The number of allylic oxidation sites excluding steroid dienone is 5. The van der Waals surface area contributed by atoms with Gasteiger partial charge in [-0.15, -0.1) is 0 Å². The summed E-state index contributed by atoms with van der Waals surface area (Å²) in [5.41, 5.74) is 2.50. The van der Waals surface area contributed by atoms with Gasteiger partial charge in [0.05, 0.1) is 5.75 Å². The molecule has 0 radical (unpaired) electrons. The molecule has 6 heteroatoms. The number of amides is 1. The molecule has 0 saturated heterocycles. The molecule has 0 aromatic heterocycles. The minimum Gasteiger partial charge on any atom is -0.355 e. The summed E-state index contributed by atoms with van der Waals surface area (Å²) in [7, 11) is -4.07. The van der Waals surface area contributed by atoms with Crippen LogP contribution < -0.4 is 5.32 Å². The van der Waals surface area contributed by atoms with Gasteiger partial charge in [0.15, 0.2) is 0 Å². The first kappa shape index (κ1) is 23.9. The Morgan fingerprint density at radius 3 is 2.62 bits per heavy atom. The van der Waals surface area contributed by atoms with Gasteiger partial charge < -0.3 is 5.32 Å². The van der Waals surface area contributed by atoms with Crippen LogP contribution >= 0.6 is 0 Å². The number of carbonyl (C=O) groups is 1. The molecule has 0 aliphatic heterocycles. The van der Waals surface area contributed by atoms with Gasteiger partial charge >= 0.3 is 0 Å². The number of hydrogen-bond acceptors (Lipinski definition) is 3. The Kier molecular flexibility index (Phi) is 7.55. The lowest BCUT2D eigenvalue weighted by Gasteiger charge is -2.58. The van der Waals surface area contributed by atoms with Crippen molar-refractivity contribution in [3.8, 4) is 0 Å². The maximum atomic E-state index is 12.5. The van der Waals surface area contributed by atoms with Gasteiger partial charge in [0.2, 0.25) is 5.91 Å². The fourth-order valence-corrected chi connectivity index (χ4v) is 5.97. The number of carbonyl (C=O) groups excluding carboxylic acids is 1. The van der Waals surface area contributed by atoms with Crippen molar-refractivity contribution in [2.24, 2.45) is 22.7 Å². The van der Waals surface area contributed by atoms with Crippen LogP contribution in [-0.4, -0.2) is 31.2 Å². The van der Waals surface area contributed by atoms with Gasteiger partial charge in [0, 0.05) is 13.0 Å². The van der Waals surface area contributed by atoms with E-state index < -0.39 is 15.9 Å². The van der Waals surface area contributed by atoms with Crippen molar-refractivity contribution in [2.45, 2.75) is 66.2 Å². The van der Waals surface area contributed by atoms with Gasteiger partial charge in [0.1, 0.15) is 0 Å². The Bertz CT molecular complexity index is 794. The van der Waals surface area contributed by atoms with Crippen LogP contribution in [0.2, 0.25) is 0 Å². The number of nitrogens with one attached hydrogen (secondary N) is 1. The van der Waals surface area contributed by atoms with Crippen molar-refractivity contribution < 1.29 is 17.8 Å². The Morgan fingerprint density at radius 1 is 1.31 bits per heavy atom. The second kappa shape index (κ2) is 9.17. The van der Waals surface area contributed by atoms with Crippen molar-refractivity contribution in [2.75, 3.05) is 12.3 Å². The summed E-state index contributed by atoms with van der Waals surface area (Å²) in [6.45, 7) is 13.1. The molecular formula is C23H37NO4S. The lowest BCUT2D eigenvalue weighted by atomic mass is 9.46. The third-order valence-electron chi connectivity index (χ3n) is 7.04. The molecule has 2 rings (SSSR count). The minimum atomic E-state index is -4.07. The molecule has 164 valence electrons. The topological polar surface area (TPSA) is 83.5 Å². The molecule has 2 saturated carbocycles. The van der Waals surface area contributed by atoms with Gasteiger partial charge in [-0.1, -0.05) is 56.2 Å². The first-order chi connectivity index (χ1) is 13.4. The summed E-state index contributed by atoms with van der Waals surface area (Å²) < 4.78 is 30.6. The van der Waals surface area contributed by atoms with Crippen molar-refractivity contribution in [1.82, 2.24) is 5.32 Å². The fourth-order valence-electron chi connectivity index (χ4n) is 5.61. The van der Waals surface area contributed by atoms with Crippen LogP contribution in [0.1, 0.15) is 66.2 Å². The highest BCUT2D eigenvalue weighted by Gasteiger charge is 2.53. The highest BCUT2D eigenvalue weighted by Crippen LogP contribution is 2.62. The predicted octanol–water partition coefficient (Wildman–Crippen LogP) is 4.68. The van der Waals surface area contributed by atoms with E-state index in [0.717, 1.165) is 37.7 Å². The molecule has 2 fully saturated rings. The van der Waals surface area contributed by atoms with Crippen LogP contribution in [0, 0.1) is 22.7 Å². The third kappa shape index (κ3) is 6.05. The molecule has 29 heavy (non-hydrogen) atoms. The van der Waals surface area contributed by atoms with E-state index in [4.69, 9.17) is 4.55 Å². The Morgan fingerprint density at radius 2 is 2.00 bits per heavy atom. The molecule has 0 heterocycles. The average molecular weight is 424 g/mol. The standard InChI is InChI=1S/C23H37NO4S/c1-17(2)8-6-11-22(4)12-7-13-23(5)19(18(3)9-10-20(22)23)16-21(25)24-14-15-29(26,27)28/h6,8,11,19-20H,3,7,9-10,12-16H2,1-2,4-5H3,(H,24,25)(H,26,27,28)/b11-6+/t19-,20-,22+,23+/m0/s1. The molecule has 0 spiro atoms. The van der Waals surface area contributed by atoms with Gasteiger partial charge in [-0.3, -0.25) is 9.35 Å². The van der Waals surface area contributed by atoms with Crippen molar-refractivity contribution in [3.05, 3.63) is 36.0 Å². The van der Waals surface area contributed by atoms with E-state index in [2.05, 4.69) is 57.8 Å². The van der Waals surface area contributed by atoms with Crippen LogP contribution in [0.15, 0.2) is 36.0 Å². The van der Waals surface area contributed by atoms with Crippen LogP contribution in [0.4, 0.5) is 0 Å². The molecule has 5 nitrogen and oxygen atoms in total. The summed E-state index contributed by atoms with van der Waals surface area (Å²) in [6.07, 6.45) is 12.4. The molecule has 0 bridgehead atoms. The van der Waals surface area contributed by atoms with Crippen LogP contribution in [-0.2, 0) is 14.9 Å². The first-order valence-electron chi connectivity index (χ1n) is 10.6. The summed E-state index contributed by atoms with van der Waals surface area (Å²) >= 11 is 0. The van der Waals surface area contributed by atoms with E-state index >= 15 is 0 Å². The average Bonchev–Trinajstić information content (AvgIpc) is 2.56. The summed E-state index contributed by atoms with van der Waals surface area (Å²) in [6, 6.07) is 0. The molecule has 1 amide bonds. The molecule has 0 unspecified atom stereocenters. The zero-order chi connectivity index (χ0) is 21.9. The van der Waals surface area contributed by atoms with E-state index in [-0.39, 0.29) is 29.2 Å². The Hall–Kier alpha value is -1.40. The lowest BCUT2D eigenvalue weighted by Crippen LogP contribution is -2.50. The molecule has 2 aliphatic rings. The smallest absolute Gasteiger partial charge is 0.266 e. The van der Waals surface area contributed by atoms with Gasteiger partial charge in [-0.05, 0) is 62.2 Å². The predicted molar refractivity (Wildman–Crippen MR) is 118 cm³/mol. The van der Waals surface area contributed by atoms with Crippen LogP contribution in [0.3, 0.4) is 0 Å². The number of hydrogen-bond donors (Lipinski definition) is 2. The fraction of sp³-hybridized carbons (Fsp3) is 0.696. The second-order valence-corrected chi connectivity index (χ2v) is 11.2. The van der Waals surface area contributed by atoms with Crippen molar-refractivity contribution in [1.29, 1.82) is 0 Å². The number of fused-ring (bicyclic) bond motifs is 1. The number of rotatable bonds is 7. The maximum Gasteiger partial charge on any atom is 0.266 e. The zero-order valence-corrected chi connectivity index (χ0v) is 19.1. The lowest BCUT2D eigenvalue weighted by molar-refractivity contribution is -0.124. The SMILES string of the molecule is C=C1CC[C@@H]2[C@](C)(CCC[C@@]2(C)/C=C/C=C(C)C)[C@H]1CC(=O)NCCS(=O)(=O)O. The van der Waals surface area contributed by atoms with E-state index in [9.17, 15) is 13.2 Å². The van der Waals surface area contributed by atoms with E-state index in [1.54, 1.807) is 0 Å².